The van der Waals surface area contributed by atoms with E-state index in [0.717, 1.165) is 32.6 Å². The normalized spacial score (nSPS) is 15.1. The maximum Gasteiger partial charge on any atom is 0.227 e. The monoisotopic (exact) mass is 492 g/mol. The van der Waals surface area contributed by atoms with E-state index < -0.39 is 0 Å². The van der Waals surface area contributed by atoms with Crippen molar-refractivity contribution in [2.45, 2.75) is 6.04 Å². The fraction of sp³-hybridized carbons (Fsp3) is 0.0833. The van der Waals surface area contributed by atoms with Crippen LogP contribution in [0.4, 0.5) is 5.95 Å². The van der Waals surface area contributed by atoms with Gasteiger partial charge in [0.2, 0.25) is 5.95 Å². The van der Waals surface area contributed by atoms with E-state index in [1.165, 1.54) is 0 Å². The first-order chi connectivity index (χ1) is 15.1. The van der Waals surface area contributed by atoms with Gasteiger partial charge in [0.1, 0.15) is 11.8 Å². The minimum Gasteiger partial charge on any atom is -0.496 e. The van der Waals surface area contributed by atoms with Gasteiger partial charge in [0.25, 0.3) is 0 Å². The topological polar surface area (TPSA) is 52.0 Å². The third kappa shape index (κ3) is 3.84. The largest absolute Gasteiger partial charge is 0.496 e. The van der Waals surface area contributed by atoms with Crippen molar-refractivity contribution in [3.8, 4) is 17.1 Å². The second-order valence-electron chi connectivity index (χ2n) is 7.11. The molecule has 0 spiro atoms. The number of rotatable bonds is 4. The number of fused-ring (bicyclic) bond motifs is 1. The molecule has 0 saturated carbocycles. The van der Waals surface area contributed by atoms with Gasteiger partial charge in [-0.1, -0.05) is 57.9 Å². The van der Waals surface area contributed by atoms with Gasteiger partial charge in [0.05, 0.1) is 7.11 Å². The highest BCUT2D eigenvalue weighted by molar-refractivity contribution is 9.10. The number of halogens is 2. The zero-order chi connectivity index (χ0) is 21.4. The first kappa shape index (κ1) is 19.8. The molecule has 5 nitrogen and oxygen atoms in total. The molecule has 0 amide bonds. The van der Waals surface area contributed by atoms with Crippen molar-refractivity contribution in [3.05, 3.63) is 99.5 Å². The number of hydrogen-bond acceptors (Lipinski definition) is 4. The molecule has 1 aromatic heterocycles. The van der Waals surface area contributed by atoms with Crippen LogP contribution in [-0.2, 0) is 0 Å². The van der Waals surface area contributed by atoms with E-state index in [2.05, 4.69) is 45.5 Å². The van der Waals surface area contributed by atoms with Crippen molar-refractivity contribution in [1.29, 1.82) is 0 Å². The molecule has 0 unspecified atom stereocenters. The summed E-state index contributed by atoms with van der Waals surface area (Å²) in [4.78, 5) is 4.78. The maximum absolute atomic E-state index is 6.05. The zero-order valence-corrected chi connectivity index (χ0v) is 18.9. The lowest BCUT2D eigenvalue weighted by molar-refractivity contribution is 0.404. The van der Waals surface area contributed by atoms with E-state index in [0.29, 0.717) is 16.8 Å². The SMILES string of the molecule is COc1ccccc1[C@@H]1C=C(c2ccc(Br)cc2)Nc2nc(-c3ccc(Cl)cc3)nn21. The number of anilines is 1. The molecule has 1 atom stereocenters. The zero-order valence-electron chi connectivity index (χ0n) is 16.6. The van der Waals surface area contributed by atoms with Crippen molar-refractivity contribution < 1.29 is 4.74 Å². The van der Waals surface area contributed by atoms with Gasteiger partial charge in [-0.3, -0.25) is 0 Å². The van der Waals surface area contributed by atoms with Crippen molar-refractivity contribution in [2.75, 3.05) is 12.4 Å². The third-order valence-corrected chi connectivity index (χ3v) is 5.96. The highest BCUT2D eigenvalue weighted by Gasteiger charge is 2.27. The molecule has 0 aliphatic carbocycles. The highest BCUT2D eigenvalue weighted by atomic mass is 79.9. The molecule has 4 aromatic rings. The van der Waals surface area contributed by atoms with Gasteiger partial charge in [-0.15, -0.1) is 5.10 Å². The number of nitrogens with zero attached hydrogens (tertiary/aromatic N) is 3. The molecule has 0 fully saturated rings. The summed E-state index contributed by atoms with van der Waals surface area (Å²) in [7, 11) is 1.68. The number of hydrogen-bond donors (Lipinski definition) is 1. The molecule has 0 radical (unpaired) electrons. The molecule has 154 valence electrons. The van der Waals surface area contributed by atoms with E-state index in [4.69, 9.17) is 26.4 Å². The summed E-state index contributed by atoms with van der Waals surface area (Å²) in [5.74, 6) is 2.10. The Kier molecular flexibility index (Phi) is 5.26. The summed E-state index contributed by atoms with van der Waals surface area (Å²) in [5.41, 5.74) is 3.93. The molecule has 0 saturated heterocycles. The quantitative estimate of drug-likeness (QED) is 0.356. The van der Waals surface area contributed by atoms with Crippen LogP contribution in [0.5, 0.6) is 5.75 Å². The van der Waals surface area contributed by atoms with Crippen LogP contribution in [0.1, 0.15) is 17.2 Å². The minimum atomic E-state index is -0.181. The predicted octanol–water partition coefficient (Wildman–Crippen LogP) is 6.43. The van der Waals surface area contributed by atoms with Crippen LogP contribution in [0.2, 0.25) is 5.02 Å². The Labute approximate surface area is 193 Å². The Bertz CT molecular complexity index is 1270. The van der Waals surface area contributed by atoms with Crippen LogP contribution < -0.4 is 10.1 Å². The van der Waals surface area contributed by atoms with Gasteiger partial charge in [0.15, 0.2) is 5.82 Å². The minimum absolute atomic E-state index is 0.181. The van der Waals surface area contributed by atoms with Crippen LogP contribution in [0.25, 0.3) is 17.1 Å². The van der Waals surface area contributed by atoms with Crippen LogP contribution >= 0.6 is 27.5 Å². The number of aromatic nitrogens is 3. The molecule has 3 aromatic carbocycles. The van der Waals surface area contributed by atoms with Gasteiger partial charge in [-0.2, -0.15) is 4.98 Å². The van der Waals surface area contributed by atoms with Crippen molar-refractivity contribution in [2.24, 2.45) is 0 Å². The molecule has 31 heavy (non-hydrogen) atoms. The smallest absolute Gasteiger partial charge is 0.227 e. The van der Waals surface area contributed by atoms with Gasteiger partial charge >= 0.3 is 0 Å². The Balaban J connectivity index is 1.64. The van der Waals surface area contributed by atoms with Crippen LogP contribution in [0.3, 0.4) is 0 Å². The average Bonchev–Trinajstić information content (AvgIpc) is 3.23. The Morgan fingerprint density at radius 2 is 1.68 bits per heavy atom. The Hall–Kier alpha value is -3.09. The second-order valence-corrected chi connectivity index (χ2v) is 8.46. The molecule has 1 aliphatic rings. The van der Waals surface area contributed by atoms with Crippen molar-refractivity contribution in [3.63, 3.8) is 0 Å². The average molecular weight is 494 g/mol. The number of benzene rings is 3. The van der Waals surface area contributed by atoms with Crippen molar-refractivity contribution >= 4 is 39.2 Å². The molecular weight excluding hydrogens is 476 g/mol. The summed E-state index contributed by atoms with van der Waals surface area (Å²) in [6, 6.07) is 23.5. The molecule has 1 aliphatic heterocycles. The third-order valence-electron chi connectivity index (χ3n) is 5.18. The molecule has 7 heteroatoms. The summed E-state index contributed by atoms with van der Waals surface area (Å²) in [6.07, 6.45) is 2.15. The number of allylic oxidation sites excluding steroid dienone is 1. The Morgan fingerprint density at radius 1 is 0.968 bits per heavy atom. The molecule has 0 bridgehead atoms. The molecule has 5 rings (SSSR count). The fourth-order valence-corrected chi connectivity index (χ4v) is 4.03. The highest BCUT2D eigenvalue weighted by Crippen LogP contribution is 2.37. The van der Waals surface area contributed by atoms with Gasteiger partial charge in [0, 0.05) is 26.3 Å². The molecule has 1 N–H and O–H groups in total. The summed E-state index contributed by atoms with van der Waals surface area (Å²) in [6.45, 7) is 0. The summed E-state index contributed by atoms with van der Waals surface area (Å²) in [5, 5.41) is 8.94. The van der Waals surface area contributed by atoms with Gasteiger partial charge < -0.3 is 10.1 Å². The number of nitrogens with one attached hydrogen (secondary N) is 1. The number of para-hydroxylation sites is 1. The lowest BCUT2D eigenvalue weighted by Gasteiger charge is -2.25. The lowest BCUT2D eigenvalue weighted by atomic mass is 10.0. The second kappa shape index (κ2) is 8.21. The fourth-order valence-electron chi connectivity index (χ4n) is 3.64. The van der Waals surface area contributed by atoms with Gasteiger partial charge in [-0.25, -0.2) is 4.68 Å². The molecule has 2 heterocycles. The maximum atomic E-state index is 6.05. The van der Waals surface area contributed by atoms with E-state index >= 15 is 0 Å². The van der Waals surface area contributed by atoms with Crippen LogP contribution in [-0.4, -0.2) is 21.9 Å². The van der Waals surface area contributed by atoms with Crippen LogP contribution in [0, 0.1) is 0 Å². The lowest BCUT2D eigenvalue weighted by Crippen LogP contribution is -2.20. The van der Waals surface area contributed by atoms with Crippen LogP contribution in [0.15, 0.2) is 83.3 Å². The first-order valence-corrected chi connectivity index (χ1v) is 10.9. The number of methoxy groups -OCH3 is 1. The van der Waals surface area contributed by atoms with E-state index in [9.17, 15) is 0 Å². The Morgan fingerprint density at radius 3 is 2.42 bits per heavy atom. The van der Waals surface area contributed by atoms with E-state index in [1.807, 2.05) is 59.3 Å². The van der Waals surface area contributed by atoms with E-state index in [1.54, 1.807) is 7.11 Å². The van der Waals surface area contributed by atoms with E-state index in [-0.39, 0.29) is 6.04 Å². The first-order valence-electron chi connectivity index (χ1n) is 9.72. The molecular formula is C24H18BrClN4O. The summed E-state index contributed by atoms with van der Waals surface area (Å²) >= 11 is 9.56. The predicted molar refractivity (Wildman–Crippen MR) is 127 cm³/mol. The van der Waals surface area contributed by atoms with Gasteiger partial charge in [-0.05, 0) is 54.1 Å². The number of ether oxygens (including phenoxy) is 1. The summed E-state index contributed by atoms with van der Waals surface area (Å²) < 4.78 is 8.57. The standard InChI is InChI=1S/C24H18BrClN4O/c1-31-22-5-3-2-4-19(22)21-14-20(15-6-10-17(25)11-7-15)27-24-28-23(29-30(21)24)16-8-12-18(26)13-9-16/h2-14,21H,1H3,(H,27,28,29)/t21-/m0/s1. The van der Waals surface area contributed by atoms with Crippen molar-refractivity contribution in [1.82, 2.24) is 14.8 Å².